The molecule has 4 heterocycles. The molecule has 8 heteroatoms. The van der Waals surface area contributed by atoms with E-state index in [4.69, 9.17) is 0 Å². The SMILES string of the molecule is Cc1cc(NCC2CN(c3ccc4nncn4n3)C2)nc(C2CC2)n1. The summed E-state index contributed by atoms with van der Waals surface area (Å²) in [5.74, 6) is 4.11. The van der Waals surface area contributed by atoms with Gasteiger partial charge in [-0.2, -0.15) is 4.52 Å². The molecule has 1 saturated heterocycles. The second-order valence-electron chi connectivity index (χ2n) is 7.00. The van der Waals surface area contributed by atoms with Gasteiger partial charge in [-0.1, -0.05) is 0 Å². The van der Waals surface area contributed by atoms with Crippen molar-refractivity contribution in [1.82, 2.24) is 29.8 Å². The first-order chi connectivity index (χ1) is 12.2. The van der Waals surface area contributed by atoms with Crippen LogP contribution in [-0.4, -0.2) is 49.4 Å². The van der Waals surface area contributed by atoms with Crippen molar-refractivity contribution in [3.63, 3.8) is 0 Å². The predicted octanol–water partition coefficient (Wildman–Crippen LogP) is 1.65. The largest absolute Gasteiger partial charge is 0.370 e. The van der Waals surface area contributed by atoms with Crippen LogP contribution in [0.25, 0.3) is 5.65 Å². The summed E-state index contributed by atoms with van der Waals surface area (Å²) in [5, 5.41) is 15.9. The van der Waals surface area contributed by atoms with Gasteiger partial charge in [0.25, 0.3) is 0 Å². The lowest BCUT2D eigenvalue weighted by Crippen LogP contribution is -2.50. The van der Waals surface area contributed by atoms with Crippen molar-refractivity contribution in [3.8, 4) is 0 Å². The van der Waals surface area contributed by atoms with Gasteiger partial charge in [0.15, 0.2) is 5.65 Å². The van der Waals surface area contributed by atoms with E-state index in [0.29, 0.717) is 11.8 Å². The summed E-state index contributed by atoms with van der Waals surface area (Å²) < 4.78 is 1.71. The molecule has 1 N–H and O–H groups in total. The Kier molecular flexibility index (Phi) is 3.29. The van der Waals surface area contributed by atoms with Gasteiger partial charge >= 0.3 is 0 Å². The van der Waals surface area contributed by atoms with Crippen LogP contribution in [0.4, 0.5) is 11.6 Å². The van der Waals surface area contributed by atoms with E-state index in [1.54, 1.807) is 10.8 Å². The van der Waals surface area contributed by atoms with Crippen LogP contribution in [0.2, 0.25) is 0 Å². The van der Waals surface area contributed by atoms with E-state index in [1.165, 1.54) is 12.8 Å². The molecule has 1 saturated carbocycles. The van der Waals surface area contributed by atoms with E-state index in [9.17, 15) is 0 Å². The molecule has 0 aromatic carbocycles. The quantitative estimate of drug-likeness (QED) is 0.758. The zero-order valence-corrected chi connectivity index (χ0v) is 14.1. The van der Waals surface area contributed by atoms with E-state index in [-0.39, 0.29) is 0 Å². The molecule has 25 heavy (non-hydrogen) atoms. The number of nitrogens with zero attached hydrogens (tertiary/aromatic N) is 7. The van der Waals surface area contributed by atoms with Crippen molar-refractivity contribution in [2.45, 2.75) is 25.7 Å². The maximum atomic E-state index is 4.67. The fourth-order valence-corrected chi connectivity index (χ4v) is 3.23. The molecule has 2 aliphatic rings. The maximum Gasteiger partial charge on any atom is 0.177 e. The Morgan fingerprint density at radius 3 is 2.92 bits per heavy atom. The van der Waals surface area contributed by atoms with Gasteiger partial charge in [0.2, 0.25) is 0 Å². The fraction of sp³-hybridized carbons (Fsp3) is 0.471. The van der Waals surface area contributed by atoms with Crippen LogP contribution in [-0.2, 0) is 0 Å². The van der Waals surface area contributed by atoms with E-state index in [1.807, 2.05) is 25.1 Å². The first kappa shape index (κ1) is 14.6. The first-order valence-corrected chi connectivity index (χ1v) is 8.76. The number of hydrogen-bond donors (Lipinski definition) is 1. The number of rotatable bonds is 5. The van der Waals surface area contributed by atoms with Gasteiger partial charge in [0.1, 0.15) is 23.8 Å². The molecule has 5 rings (SSSR count). The lowest BCUT2D eigenvalue weighted by molar-refractivity contribution is 0.424. The monoisotopic (exact) mass is 336 g/mol. The Balaban J connectivity index is 1.19. The summed E-state index contributed by atoms with van der Waals surface area (Å²) >= 11 is 0. The van der Waals surface area contributed by atoms with Gasteiger partial charge in [0.05, 0.1) is 0 Å². The summed E-state index contributed by atoms with van der Waals surface area (Å²) in [6, 6.07) is 5.98. The number of fused-ring (bicyclic) bond motifs is 1. The van der Waals surface area contributed by atoms with E-state index < -0.39 is 0 Å². The molecule has 3 aromatic heterocycles. The number of anilines is 2. The number of nitrogens with one attached hydrogen (secondary N) is 1. The molecule has 128 valence electrons. The van der Waals surface area contributed by atoms with Crippen molar-refractivity contribution in [1.29, 1.82) is 0 Å². The summed E-state index contributed by atoms with van der Waals surface area (Å²) in [6.45, 7) is 4.95. The topological polar surface area (TPSA) is 84.1 Å². The molecule has 0 amide bonds. The van der Waals surface area contributed by atoms with Gasteiger partial charge in [0, 0.05) is 43.2 Å². The van der Waals surface area contributed by atoms with Crippen LogP contribution < -0.4 is 10.2 Å². The van der Waals surface area contributed by atoms with Crippen LogP contribution in [0.15, 0.2) is 24.5 Å². The lowest BCUT2D eigenvalue weighted by Gasteiger charge is -2.40. The summed E-state index contributed by atoms with van der Waals surface area (Å²) in [6.07, 6.45) is 4.08. The third-order valence-electron chi connectivity index (χ3n) is 4.81. The van der Waals surface area contributed by atoms with Crippen molar-refractivity contribution in [2.75, 3.05) is 29.9 Å². The van der Waals surface area contributed by atoms with Gasteiger partial charge < -0.3 is 10.2 Å². The summed E-state index contributed by atoms with van der Waals surface area (Å²) in [7, 11) is 0. The maximum absolute atomic E-state index is 4.67. The van der Waals surface area contributed by atoms with Gasteiger partial charge in [-0.25, -0.2) is 9.97 Å². The van der Waals surface area contributed by atoms with Crippen LogP contribution >= 0.6 is 0 Å². The second kappa shape index (κ2) is 5.65. The normalized spacial score (nSPS) is 17.7. The highest BCUT2D eigenvalue weighted by atomic mass is 15.4. The summed E-state index contributed by atoms with van der Waals surface area (Å²) in [4.78, 5) is 11.5. The smallest absolute Gasteiger partial charge is 0.177 e. The van der Waals surface area contributed by atoms with Crippen molar-refractivity contribution < 1.29 is 0 Å². The van der Waals surface area contributed by atoms with E-state index >= 15 is 0 Å². The molecule has 0 bridgehead atoms. The third-order valence-corrected chi connectivity index (χ3v) is 4.81. The molecule has 2 fully saturated rings. The molecule has 8 nitrogen and oxygen atoms in total. The van der Waals surface area contributed by atoms with Gasteiger partial charge in [-0.3, -0.25) is 0 Å². The van der Waals surface area contributed by atoms with E-state index in [2.05, 4.69) is 35.5 Å². The Morgan fingerprint density at radius 2 is 2.08 bits per heavy atom. The van der Waals surface area contributed by atoms with Gasteiger partial charge in [-0.15, -0.1) is 15.3 Å². The molecular weight excluding hydrogens is 316 g/mol. The highest BCUT2D eigenvalue weighted by Crippen LogP contribution is 2.38. The highest BCUT2D eigenvalue weighted by molar-refractivity contribution is 5.47. The van der Waals surface area contributed by atoms with E-state index in [0.717, 1.165) is 48.4 Å². The third kappa shape index (κ3) is 2.88. The second-order valence-corrected chi connectivity index (χ2v) is 7.00. The highest BCUT2D eigenvalue weighted by Gasteiger charge is 2.29. The van der Waals surface area contributed by atoms with Crippen molar-refractivity contribution in [3.05, 3.63) is 36.0 Å². The van der Waals surface area contributed by atoms with Crippen LogP contribution in [0.1, 0.15) is 30.3 Å². The Bertz CT molecular complexity index is 910. The van der Waals surface area contributed by atoms with Crippen LogP contribution in [0.3, 0.4) is 0 Å². The number of aromatic nitrogens is 6. The minimum atomic E-state index is 0.582. The van der Waals surface area contributed by atoms with Crippen molar-refractivity contribution in [2.24, 2.45) is 5.92 Å². The minimum absolute atomic E-state index is 0.582. The predicted molar refractivity (Wildman–Crippen MR) is 93.7 cm³/mol. The zero-order chi connectivity index (χ0) is 16.8. The first-order valence-electron chi connectivity index (χ1n) is 8.76. The van der Waals surface area contributed by atoms with Crippen molar-refractivity contribution >= 4 is 17.3 Å². The Labute approximate surface area is 145 Å². The number of hydrogen-bond acceptors (Lipinski definition) is 7. The molecule has 1 aliphatic carbocycles. The minimum Gasteiger partial charge on any atom is -0.370 e. The average molecular weight is 336 g/mol. The lowest BCUT2D eigenvalue weighted by atomic mass is 10.0. The molecular formula is C17H20N8. The van der Waals surface area contributed by atoms with Crippen LogP contribution in [0, 0.1) is 12.8 Å². The number of aryl methyl sites for hydroxylation is 1. The molecule has 1 aliphatic heterocycles. The molecule has 0 spiro atoms. The average Bonchev–Trinajstić information content (AvgIpc) is 3.31. The molecule has 0 unspecified atom stereocenters. The molecule has 0 radical (unpaired) electrons. The zero-order valence-electron chi connectivity index (χ0n) is 14.1. The summed E-state index contributed by atoms with van der Waals surface area (Å²) in [5.41, 5.74) is 1.81. The molecule has 0 atom stereocenters. The molecule has 3 aromatic rings. The van der Waals surface area contributed by atoms with Crippen LogP contribution in [0.5, 0.6) is 0 Å². The Morgan fingerprint density at radius 1 is 1.20 bits per heavy atom. The van der Waals surface area contributed by atoms with Gasteiger partial charge in [-0.05, 0) is 31.9 Å². The Hall–Kier alpha value is -2.77. The standard InChI is InChI=1S/C17H20N8/c1-11-6-14(21-17(20-11)13-2-3-13)18-7-12-8-24(9-12)16-5-4-15-22-19-10-25(15)23-16/h4-6,10,12-13H,2-3,7-9H2,1H3,(H,18,20,21). The fourth-order valence-electron chi connectivity index (χ4n) is 3.23.